The van der Waals surface area contributed by atoms with Crippen LogP contribution in [0, 0.1) is 11.3 Å². The second-order valence-corrected chi connectivity index (χ2v) is 4.04. The molecule has 1 aromatic heterocycles. The number of hydrogen-bond donors (Lipinski definition) is 2. The molecule has 0 aliphatic carbocycles. The van der Waals surface area contributed by atoms with E-state index in [9.17, 15) is 4.79 Å². The first-order valence-electron chi connectivity index (χ1n) is 5.79. The number of carboxylic acid groups (broad SMARTS) is 1. The fourth-order valence-electron chi connectivity index (χ4n) is 1.63. The summed E-state index contributed by atoms with van der Waals surface area (Å²) in [4.78, 5) is 15.0. The summed E-state index contributed by atoms with van der Waals surface area (Å²) in [5.74, 6) is -0.677. The summed E-state index contributed by atoms with van der Waals surface area (Å²) in [5.41, 5.74) is 5.86. The molecule has 7 nitrogen and oxygen atoms in total. The standard InChI is InChI=1S/C14H11N3O4/c1-20-10-2-8(6-15)3-11(5-10)21-13-12(14(18)19)4-9(16)7-17-13/h2-5,7H,16H2,1H3,(H,18,19). The van der Waals surface area contributed by atoms with Crippen LogP contribution >= 0.6 is 0 Å². The summed E-state index contributed by atoms with van der Waals surface area (Å²) in [5, 5.41) is 18.1. The molecule has 1 aromatic carbocycles. The van der Waals surface area contributed by atoms with Crippen molar-refractivity contribution in [1.29, 1.82) is 5.26 Å². The van der Waals surface area contributed by atoms with Crippen LogP contribution in [-0.2, 0) is 0 Å². The first kappa shape index (κ1) is 14.1. The van der Waals surface area contributed by atoms with E-state index in [0.717, 1.165) is 0 Å². The van der Waals surface area contributed by atoms with Crippen LogP contribution in [0.25, 0.3) is 0 Å². The lowest BCUT2D eigenvalue weighted by molar-refractivity contribution is 0.0693. The molecule has 0 bridgehead atoms. The zero-order valence-electron chi connectivity index (χ0n) is 11.0. The molecular weight excluding hydrogens is 274 g/mol. The van der Waals surface area contributed by atoms with Crippen LogP contribution in [-0.4, -0.2) is 23.2 Å². The van der Waals surface area contributed by atoms with Gasteiger partial charge in [-0.05, 0) is 18.2 Å². The van der Waals surface area contributed by atoms with Gasteiger partial charge >= 0.3 is 5.97 Å². The van der Waals surface area contributed by atoms with E-state index in [4.69, 9.17) is 25.6 Å². The van der Waals surface area contributed by atoms with Crippen LogP contribution in [0.1, 0.15) is 15.9 Å². The van der Waals surface area contributed by atoms with Gasteiger partial charge in [-0.3, -0.25) is 0 Å². The topological polar surface area (TPSA) is 118 Å². The highest BCUT2D eigenvalue weighted by Crippen LogP contribution is 2.28. The lowest BCUT2D eigenvalue weighted by Crippen LogP contribution is -2.03. The van der Waals surface area contributed by atoms with Crippen LogP contribution < -0.4 is 15.2 Å². The van der Waals surface area contributed by atoms with Crippen molar-refractivity contribution in [3.8, 4) is 23.4 Å². The summed E-state index contributed by atoms with van der Waals surface area (Å²) in [7, 11) is 1.45. The van der Waals surface area contributed by atoms with Crippen LogP contribution in [0.15, 0.2) is 30.5 Å². The fraction of sp³-hybridized carbons (Fsp3) is 0.0714. The van der Waals surface area contributed by atoms with E-state index in [1.54, 1.807) is 0 Å². The summed E-state index contributed by atoms with van der Waals surface area (Å²) < 4.78 is 10.5. The van der Waals surface area contributed by atoms with Gasteiger partial charge in [0.1, 0.15) is 17.1 Å². The molecule has 0 radical (unpaired) electrons. The molecule has 0 fully saturated rings. The molecule has 2 rings (SSSR count). The highest BCUT2D eigenvalue weighted by atomic mass is 16.5. The maximum absolute atomic E-state index is 11.2. The third kappa shape index (κ3) is 3.19. The van der Waals surface area contributed by atoms with Crippen LogP contribution in [0.5, 0.6) is 17.4 Å². The zero-order chi connectivity index (χ0) is 15.4. The molecule has 21 heavy (non-hydrogen) atoms. The highest BCUT2D eigenvalue weighted by molar-refractivity contribution is 5.91. The number of pyridine rings is 1. The third-order valence-electron chi connectivity index (χ3n) is 2.56. The second-order valence-electron chi connectivity index (χ2n) is 4.04. The van der Waals surface area contributed by atoms with E-state index >= 15 is 0 Å². The van der Waals surface area contributed by atoms with Crippen LogP contribution in [0.3, 0.4) is 0 Å². The van der Waals surface area contributed by atoms with Crippen molar-refractivity contribution >= 4 is 11.7 Å². The largest absolute Gasteiger partial charge is 0.497 e. The van der Waals surface area contributed by atoms with Crippen molar-refractivity contribution in [3.05, 3.63) is 41.6 Å². The Morgan fingerprint density at radius 1 is 1.33 bits per heavy atom. The Morgan fingerprint density at radius 3 is 2.67 bits per heavy atom. The number of carboxylic acids is 1. The van der Waals surface area contributed by atoms with Crippen LogP contribution in [0.4, 0.5) is 5.69 Å². The average molecular weight is 285 g/mol. The Hall–Kier alpha value is -3.27. The maximum atomic E-state index is 11.2. The van der Waals surface area contributed by atoms with Crippen molar-refractivity contribution in [2.75, 3.05) is 12.8 Å². The number of methoxy groups -OCH3 is 1. The molecule has 0 saturated carbocycles. The van der Waals surface area contributed by atoms with Gasteiger partial charge in [-0.1, -0.05) is 0 Å². The molecule has 0 atom stereocenters. The monoisotopic (exact) mass is 285 g/mol. The minimum absolute atomic E-state index is 0.117. The molecule has 2 aromatic rings. The summed E-state index contributed by atoms with van der Waals surface area (Å²) in [6.45, 7) is 0. The van der Waals surface area contributed by atoms with E-state index in [2.05, 4.69) is 4.98 Å². The van der Waals surface area contributed by atoms with Crippen LogP contribution in [0.2, 0.25) is 0 Å². The van der Waals surface area contributed by atoms with Gasteiger partial charge in [0.25, 0.3) is 0 Å². The van der Waals surface area contributed by atoms with Gasteiger partial charge in [-0.2, -0.15) is 5.26 Å². The predicted octanol–water partition coefficient (Wildman–Crippen LogP) is 2.03. The highest BCUT2D eigenvalue weighted by Gasteiger charge is 2.15. The molecule has 0 spiro atoms. The fourth-order valence-corrected chi connectivity index (χ4v) is 1.63. The Balaban J connectivity index is 2.43. The Kier molecular flexibility index (Phi) is 3.90. The maximum Gasteiger partial charge on any atom is 0.341 e. The lowest BCUT2D eigenvalue weighted by atomic mass is 10.2. The number of nitrogens with two attached hydrogens (primary N) is 1. The molecule has 7 heteroatoms. The molecular formula is C14H11N3O4. The molecule has 0 aliphatic heterocycles. The molecule has 3 N–H and O–H groups in total. The Labute approximate surface area is 120 Å². The number of nitrogen functional groups attached to an aromatic ring is 1. The zero-order valence-corrected chi connectivity index (χ0v) is 11.0. The van der Waals surface area contributed by atoms with Gasteiger partial charge in [-0.25, -0.2) is 9.78 Å². The van der Waals surface area contributed by atoms with Gasteiger partial charge in [0.2, 0.25) is 5.88 Å². The van der Waals surface area contributed by atoms with E-state index in [-0.39, 0.29) is 22.9 Å². The van der Waals surface area contributed by atoms with E-state index in [1.807, 2.05) is 6.07 Å². The molecule has 0 aliphatic rings. The molecule has 0 amide bonds. The number of aromatic carboxylic acids is 1. The number of nitriles is 1. The average Bonchev–Trinajstić information content (AvgIpc) is 2.48. The van der Waals surface area contributed by atoms with Gasteiger partial charge in [-0.15, -0.1) is 0 Å². The van der Waals surface area contributed by atoms with E-state index in [1.165, 1.54) is 37.6 Å². The Bertz CT molecular complexity index is 737. The molecule has 0 unspecified atom stereocenters. The van der Waals surface area contributed by atoms with Crippen molar-refractivity contribution in [2.24, 2.45) is 0 Å². The lowest BCUT2D eigenvalue weighted by Gasteiger charge is -2.09. The normalized spacial score (nSPS) is 9.71. The summed E-state index contributed by atoms with van der Waals surface area (Å²) in [6.07, 6.45) is 1.28. The first-order valence-corrected chi connectivity index (χ1v) is 5.79. The van der Waals surface area contributed by atoms with Crippen molar-refractivity contribution in [1.82, 2.24) is 4.98 Å². The number of anilines is 1. The number of ether oxygens (including phenoxy) is 2. The minimum atomic E-state index is -1.21. The van der Waals surface area contributed by atoms with Gasteiger partial charge in [0.15, 0.2) is 0 Å². The van der Waals surface area contributed by atoms with Crippen molar-refractivity contribution in [3.63, 3.8) is 0 Å². The SMILES string of the molecule is COc1cc(C#N)cc(Oc2ncc(N)cc2C(=O)O)c1. The first-order chi connectivity index (χ1) is 10.0. The smallest absolute Gasteiger partial charge is 0.341 e. The number of aromatic nitrogens is 1. The second kappa shape index (κ2) is 5.79. The predicted molar refractivity (Wildman–Crippen MR) is 73.4 cm³/mol. The Morgan fingerprint density at radius 2 is 2.05 bits per heavy atom. The van der Waals surface area contributed by atoms with Crippen molar-refractivity contribution < 1.29 is 19.4 Å². The van der Waals surface area contributed by atoms with Gasteiger partial charge < -0.3 is 20.3 Å². The van der Waals surface area contributed by atoms with E-state index in [0.29, 0.717) is 11.3 Å². The quantitative estimate of drug-likeness (QED) is 0.882. The number of carbonyl (C=O) groups is 1. The minimum Gasteiger partial charge on any atom is -0.497 e. The van der Waals surface area contributed by atoms with Gasteiger partial charge in [0, 0.05) is 6.07 Å². The molecule has 0 saturated heterocycles. The number of hydrogen-bond acceptors (Lipinski definition) is 6. The summed E-state index contributed by atoms with van der Waals surface area (Å²) in [6, 6.07) is 7.70. The number of benzene rings is 1. The number of rotatable bonds is 4. The molecule has 106 valence electrons. The summed E-state index contributed by atoms with van der Waals surface area (Å²) >= 11 is 0. The van der Waals surface area contributed by atoms with Gasteiger partial charge in [0.05, 0.1) is 30.6 Å². The third-order valence-corrected chi connectivity index (χ3v) is 2.56. The van der Waals surface area contributed by atoms with E-state index < -0.39 is 5.97 Å². The van der Waals surface area contributed by atoms with Crippen molar-refractivity contribution in [2.45, 2.75) is 0 Å². The molecule has 1 heterocycles. The number of nitrogens with zero attached hydrogens (tertiary/aromatic N) is 2.